The molecule has 32 heavy (non-hydrogen) atoms. The highest BCUT2D eigenvalue weighted by atomic mass is 16.2. The maximum atomic E-state index is 13.7. The molecule has 1 N–H and O–H groups in total. The van der Waals surface area contributed by atoms with Crippen LogP contribution in [0.5, 0.6) is 0 Å². The molecule has 4 atom stereocenters. The SMILES string of the molecule is Cc1ccc2c(C(CC(=O)N3CCC(C#N)C4CCCCC43)c3ccccc3)c[nH]c2c1. The zero-order valence-corrected chi connectivity index (χ0v) is 18.8. The molecule has 0 spiro atoms. The molecule has 2 aliphatic rings. The van der Waals surface area contributed by atoms with Gasteiger partial charge in [-0.25, -0.2) is 0 Å². The van der Waals surface area contributed by atoms with Crippen molar-refractivity contribution in [1.82, 2.24) is 9.88 Å². The molecule has 2 aromatic carbocycles. The van der Waals surface area contributed by atoms with E-state index in [0.717, 1.165) is 31.2 Å². The number of benzene rings is 2. The molecule has 1 saturated carbocycles. The minimum atomic E-state index is 0.0101. The third-order valence-electron chi connectivity index (χ3n) is 7.69. The van der Waals surface area contributed by atoms with E-state index in [0.29, 0.717) is 18.9 Å². The van der Waals surface area contributed by atoms with E-state index in [1.165, 1.54) is 28.5 Å². The molecule has 164 valence electrons. The number of aryl methyl sites for hydroxylation is 1. The highest BCUT2D eigenvalue weighted by Crippen LogP contribution is 2.40. The summed E-state index contributed by atoms with van der Waals surface area (Å²) in [5, 5.41) is 10.8. The molecule has 2 fully saturated rings. The quantitative estimate of drug-likeness (QED) is 0.563. The third-order valence-corrected chi connectivity index (χ3v) is 7.69. The van der Waals surface area contributed by atoms with E-state index >= 15 is 0 Å². The average Bonchev–Trinajstić information content (AvgIpc) is 3.25. The molecule has 5 rings (SSSR count). The van der Waals surface area contributed by atoms with Crippen molar-refractivity contribution in [1.29, 1.82) is 5.26 Å². The number of H-pyrrole nitrogens is 1. The molecule has 4 heteroatoms. The minimum Gasteiger partial charge on any atom is -0.361 e. The highest BCUT2D eigenvalue weighted by molar-refractivity contribution is 5.86. The number of nitrogens with zero attached hydrogens (tertiary/aromatic N) is 2. The van der Waals surface area contributed by atoms with Crippen LogP contribution in [-0.2, 0) is 4.79 Å². The van der Waals surface area contributed by atoms with Crippen LogP contribution < -0.4 is 0 Å². The fraction of sp³-hybridized carbons (Fsp3) is 0.429. The second-order valence-electron chi connectivity index (χ2n) is 9.59. The first kappa shape index (κ1) is 20.8. The Labute approximate surface area is 190 Å². The maximum absolute atomic E-state index is 13.7. The van der Waals surface area contributed by atoms with Crippen LogP contribution in [0.1, 0.15) is 61.1 Å². The molecular weight excluding hydrogens is 394 g/mol. The molecule has 0 bridgehead atoms. The molecule has 0 radical (unpaired) electrons. The van der Waals surface area contributed by atoms with Gasteiger partial charge in [0.15, 0.2) is 0 Å². The van der Waals surface area contributed by atoms with Gasteiger partial charge in [0.05, 0.1) is 12.0 Å². The van der Waals surface area contributed by atoms with E-state index in [4.69, 9.17) is 0 Å². The molecule has 1 aliphatic heterocycles. The van der Waals surface area contributed by atoms with E-state index in [1.807, 2.05) is 6.07 Å². The summed E-state index contributed by atoms with van der Waals surface area (Å²) >= 11 is 0. The molecule has 1 aromatic heterocycles. The first-order valence-electron chi connectivity index (χ1n) is 12.0. The average molecular weight is 426 g/mol. The number of carbonyl (C=O) groups is 1. The first-order valence-corrected chi connectivity index (χ1v) is 12.0. The van der Waals surface area contributed by atoms with Crippen molar-refractivity contribution < 1.29 is 4.79 Å². The zero-order valence-electron chi connectivity index (χ0n) is 18.8. The van der Waals surface area contributed by atoms with Crippen LogP contribution in [0.3, 0.4) is 0 Å². The van der Waals surface area contributed by atoms with E-state index in [9.17, 15) is 10.1 Å². The molecule has 1 saturated heterocycles. The van der Waals surface area contributed by atoms with Crippen molar-refractivity contribution >= 4 is 16.8 Å². The summed E-state index contributed by atoms with van der Waals surface area (Å²) in [5.74, 6) is 0.688. The van der Waals surface area contributed by atoms with Gasteiger partial charge in [0.25, 0.3) is 0 Å². The smallest absolute Gasteiger partial charge is 0.223 e. The molecule has 1 amide bonds. The van der Waals surface area contributed by atoms with E-state index in [1.54, 1.807) is 0 Å². The van der Waals surface area contributed by atoms with Crippen molar-refractivity contribution in [2.45, 2.75) is 57.4 Å². The second kappa shape index (κ2) is 8.82. The van der Waals surface area contributed by atoms with Crippen molar-refractivity contribution in [2.75, 3.05) is 6.54 Å². The summed E-state index contributed by atoms with van der Waals surface area (Å²) in [6, 6.07) is 19.7. The summed E-state index contributed by atoms with van der Waals surface area (Å²) < 4.78 is 0. The van der Waals surface area contributed by atoms with Gasteiger partial charge in [-0.1, -0.05) is 55.3 Å². The molecule has 2 heterocycles. The predicted octanol–water partition coefficient (Wildman–Crippen LogP) is 5.93. The van der Waals surface area contributed by atoms with E-state index in [2.05, 4.69) is 71.5 Å². The Morgan fingerprint density at radius 2 is 1.97 bits per heavy atom. The van der Waals surface area contributed by atoms with Gasteiger partial charge in [-0.05, 0) is 54.9 Å². The third kappa shape index (κ3) is 3.81. The number of aromatic nitrogens is 1. The fourth-order valence-corrected chi connectivity index (χ4v) is 6.06. The van der Waals surface area contributed by atoms with Crippen LogP contribution >= 0.6 is 0 Å². The lowest BCUT2D eigenvalue weighted by molar-refractivity contribution is -0.138. The van der Waals surface area contributed by atoms with Gasteiger partial charge in [0.1, 0.15) is 0 Å². The lowest BCUT2D eigenvalue weighted by Crippen LogP contribution is -2.52. The van der Waals surface area contributed by atoms with E-state index in [-0.39, 0.29) is 23.8 Å². The van der Waals surface area contributed by atoms with Gasteiger partial charge in [0, 0.05) is 42.0 Å². The van der Waals surface area contributed by atoms with Crippen LogP contribution in [-0.4, -0.2) is 28.4 Å². The number of piperidine rings is 1. The van der Waals surface area contributed by atoms with Crippen molar-refractivity contribution in [3.8, 4) is 6.07 Å². The predicted molar refractivity (Wildman–Crippen MR) is 127 cm³/mol. The lowest BCUT2D eigenvalue weighted by Gasteiger charge is -2.46. The van der Waals surface area contributed by atoms with Gasteiger partial charge in [0.2, 0.25) is 5.91 Å². The number of fused-ring (bicyclic) bond motifs is 2. The number of carbonyl (C=O) groups excluding carboxylic acids is 1. The van der Waals surface area contributed by atoms with Gasteiger partial charge >= 0.3 is 0 Å². The fourth-order valence-electron chi connectivity index (χ4n) is 6.06. The van der Waals surface area contributed by atoms with Gasteiger partial charge in [-0.2, -0.15) is 5.26 Å². The lowest BCUT2D eigenvalue weighted by atomic mass is 9.72. The van der Waals surface area contributed by atoms with Gasteiger partial charge in [-0.15, -0.1) is 0 Å². The Kier molecular flexibility index (Phi) is 5.74. The normalized spacial score (nSPS) is 24.0. The Morgan fingerprint density at radius 1 is 1.16 bits per heavy atom. The van der Waals surface area contributed by atoms with Crippen LogP contribution in [0.15, 0.2) is 54.7 Å². The molecule has 1 aliphatic carbocycles. The number of hydrogen-bond donors (Lipinski definition) is 1. The van der Waals surface area contributed by atoms with Crippen molar-refractivity contribution in [2.24, 2.45) is 11.8 Å². The molecule has 3 aromatic rings. The Balaban J connectivity index is 1.47. The largest absolute Gasteiger partial charge is 0.361 e. The highest BCUT2D eigenvalue weighted by Gasteiger charge is 2.41. The molecular formula is C28H31N3O. The molecule has 4 unspecified atom stereocenters. The van der Waals surface area contributed by atoms with Crippen LogP contribution in [0, 0.1) is 30.1 Å². The maximum Gasteiger partial charge on any atom is 0.223 e. The number of nitrogens with one attached hydrogen (secondary N) is 1. The summed E-state index contributed by atoms with van der Waals surface area (Å²) in [4.78, 5) is 19.3. The van der Waals surface area contributed by atoms with Crippen LogP contribution in [0.25, 0.3) is 10.9 Å². The monoisotopic (exact) mass is 425 g/mol. The van der Waals surface area contributed by atoms with Crippen LogP contribution in [0.4, 0.5) is 0 Å². The second-order valence-corrected chi connectivity index (χ2v) is 9.59. The van der Waals surface area contributed by atoms with Crippen LogP contribution in [0.2, 0.25) is 0 Å². The number of hydrogen-bond acceptors (Lipinski definition) is 2. The molecule has 4 nitrogen and oxygen atoms in total. The number of rotatable bonds is 4. The summed E-state index contributed by atoms with van der Waals surface area (Å²) in [6.45, 7) is 2.82. The van der Waals surface area contributed by atoms with Gasteiger partial charge < -0.3 is 9.88 Å². The summed E-state index contributed by atoms with van der Waals surface area (Å²) in [6.07, 6.45) is 7.82. The van der Waals surface area contributed by atoms with Crippen molar-refractivity contribution in [3.63, 3.8) is 0 Å². The number of nitriles is 1. The summed E-state index contributed by atoms with van der Waals surface area (Å²) in [5.41, 5.74) is 4.71. The van der Waals surface area contributed by atoms with Gasteiger partial charge in [-0.3, -0.25) is 4.79 Å². The summed E-state index contributed by atoms with van der Waals surface area (Å²) in [7, 11) is 0. The number of aromatic amines is 1. The Bertz CT molecular complexity index is 1140. The first-order chi connectivity index (χ1) is 15.7. The number of likely N-dealkylation sites (tertiary alicyclic amines) is 1. The zero-order chi connectivity index (χ0) is 22.1. The minimum absolute atomic E-state index is 0.0101. The topological polar surface area (TPSA) is 59.9 Å². The van der Waals surface area contributed by atoms with Crippen molar-refractivity contribution in [3.05, 3.63) is 71.4 Å². The number of amides is 1. The Hall–Kier alpha value is -3.06. The van der Waals surface area contributed by atoms with E-state index < -0.39 is 0 Å². The standard InChI is InChI=1S/C28H31N3O/c1-19-11-12-23-25(18-30-26(23)15-19)24(20-7-3-2-4-8-20)16-28(32)31-14-13-21(17-29)22-9-5-6-10-27(22)31/h2-4,7-8,11-12,15,18,21-22,24,27,30H,5-6,9-10,13-14,16H2,1H3. The Morgan fingerprint density at radius 3 is 2.78 bits per heavy atom.